The van der Waals surface area contributed by atoms with Gasteiger partial charge in [-0.05, 0) is 33.4 Å². The molecule has 0 spiro atoms. The Kier molecular flexibility index (Phi) is 5.77. The number of rotatable bonds is 6. The number of primary amides is 1. The molecular formula is C12H25N3O. The fourth-order valence-corrected chi connectivity index (χ4v) is 2.47. The first-order valence-electron chi connectivity index (χ1n) is 6.32. The monoisotopic (exact) mass is 227 g/mol. The van der Waals surface area contributed by atoms with E-state index in [4.69, 9.17) is 5.73 Å². The van der Waals surface area contributed by atoms with E-state index >= 15 is 0 Å². The lowest BCUT2D eigenvalue weighted by Crippen LogP contribution is -2.43. The highest BCUT2D eigenvalue weighted by atomic mass is 16.1. The number of nitrogens with two attached hydrogens (primary N) is 1. The van der Waals surface area contributed by atoms with Gasteiger partial charge in [0.1, 0.15) is 0 Å². The Bertz CT molecular complexity index is 214. The SMILES string of the molecule is CNC(CCN(C)C1CCCCC1)C(N)=O. The second-order valence-corrected chi connectivity index (χ2v) is 4.80. The minimum Gasteiger partial charge on any atom is -0.368 e. The van der Waals surface area contributed by atoms with Crippen LogP contribution in [0.25, 0.3) is 0 Å². The summed E-state index contributed by atoms with van der Waals surface area (Å²) in [6, 6.07) is 0.519. The zero-order valence-electron chi connectivity index (χ0n) is 10.5. The standard InChI is InChI=1S/C12H25N3O/c1-14-11(12(13)16)8-9-15(2)10-6-4-3-5-7-10/h10-11,14H,3-9H2,1-2H3,(H2,13,16). The zero-order valence-corrected chi connectivity index (χ0v) is 10.5. The van der Waals surface area contributed by atoms with Gasteiger partial charge in [-0.25, -0.2) is 0 Å². The van der Waals surface area contributed by atoms with Crippen LogP contribution in [-0.4, -0.2) is 43.5 Å². The van der Waals surface area contributed by atoms with Crippen LogP contribution in [0.3, 0.4) is 0 Å². The van der Waals surface area contributed by atoms with Gasteiger partial charge in [0.05, 0.1) is 6.04 Å². The predicted molar refractivity (Wildman–Crippen MR) is 66.2 cm³/mol. The van der Waals surface area contributed by atoms with E-state index in [2.05, 4.69) is 17.3 Å². The third-order valence-corrected chi connectivity index (χ3v) is 3.66. The topological polar surface area (TPSA) is 58.4 Å². The third-order valence-electron chi connectivity index (χ3n) is 3.66. The lowest BCUT2D eigenvalue weighted by molar-refractivity contribution is -0.120. The molecule has 4 nitrogen and oxygen atoms in total. The summed E-state index contributed by atoms with van der Waals surface area (Å²) < 4.78 is 0. The van der Waals surface area contributed by atoms with Crippen LogP contribution in [0, 0.1) is 0 Å². The van der Waals surface area contributed by atoms with Gasteiger partial charge in [-0.1, -0.05) is 19.3 Å². The Morgan fingerprint density at radius 2 is 2.06 bits per heavy atom. The maximum Gasteiger partial charge on any atom is 0.234 e. The van der Waals surface area contributed by atoms with Gasteiger partial charge in [-0.3, -0.25) is 4.79 Å². The molecule has 1 aliphatic rings. The molecule has 4 heteroatoms. The molecule has 0 bridgehead atoms. The lowest BCUT2D eigenvalue weighted by Gasteiger charge is -2.31. The van der Waals surface area contributed by atoms with Crippen LogP contribution < -0.4 is 11.1 Å². The van der Waals surface area contributed by atoms with Crippen molar-refractivity contribution < 1.29 is 4.79 Å². The summed E-state index contributed by atoms with van der Waals surface area (Å²) in [5.74, 6) is -0.250. The Hall–Kier alpha value is -0.610. The van der Waals surface area contributed by atoms with Gasteiger partial charge in [0.15, 0.2) is 0 Å². The highest BCUT2D eigenvalue weighted by Gasteiger charge is 2.19. The molecule has 0 saturated heterocycles. The summed E-state index contributed by atoms with van der Waals surface area (Å²) in [4.78, 5) is 13.4. The van der Waals surface area contributed by atoms with Crippen molar-refractivity contribution in [2.24, 2.45) is 5.73 Å². The molecule has 0 aromatic heterocycles. The molecule has 1 saturated carbocycles. The maximum atomic E-state index is 11.1. The average molecular weight is 227 g/mol. The van der Waals surface area contributed by atoms with Crippen LogP contribution in [0.2, 0.25) is 0 Å². The first-order chi connectivity index (χ1) is 7.65. The molecule has 0 aliphatic heterocycles. The van der Waals surface area contributed by atoms with Crippen LogP contribution in [0.1, 0.15) is 38.5 Å². The third kappa shape index (κ3) is 4.10. The molecule has 1 rings (SSSR count). The molecule has 1 fully saturated rings. The Balaban J connectivity index is 2.27. The largest absolute Gasteiger partial charge is 0.368 e. The van der Waals surface area contributed by atoms with E-state index in [1.807, 2.05) is 0 Å². The summed E-state index contributed by atoms with van der Waals surface area (Å²) in [6.07, 6.45) is 7.48. The maximum absolute atomic E-state index is 11.1. The van der Waals surface area contributed by atoms with E-state index in [0.717, 1.165) is 13.0 Å². The van der Waals surface area contributed by atoms with Crippen molar-refractivity contribution in [3.8, 4) is 0 Å². The van der Waals surface area contributed by atoms with Crippen LogP contribution in [0.4, 0.5) is 0 Å². The smallest absolute Gasteiger partial charge is 0.234 e. The van der Waals surface area contributed by atoms with Crippen LogP contribution >= 0.6 is 0 Å². The number of nitrogens with one attached hydrogen (secondary N) is 1. The minimum atomic E-state index is -0.250. The summed E-state index contributed by atoms with van der Waals surface area (Å²) in [6.45, 7) is 0.944. The number of likely N-dealkylation sites (N-methyl/N-ethyl adjacent to an activating group) is 1. The molecule has 0 aromatic rings. The Morgan fingerprint density at radius 1 is 1.44 bits per heavy atom. The summed E-state index contributed by atoms with van der Waals surface area (Å²) in [5, 5.41) is 2.96. The predicted octanol–water partition coefficient (Wildman–Crippen LogP) is 0.714. The highest BCUT2D eigenvalue weighted by Crippen LogP contribution is 2.21. The molecule has 94 valence electrons. The van der Waals surface area contributed by atoms with Crippen LogP contribution in [0.5, 0.6) is 0 Å². The van der Waals surface area contributed by atoms with E-state index in [9.17, 15) is 4.79 Å². The van der Waals surface area contributed by atoms with Gasteiger partial charge < -0.3 is 16.0 Å². The summed E-state index contributed by atoms with van der Waals surface area (Å²) >= 11 is 0. The first-order valence-corrected chi connectivity index (χ1v) is 6.32. The van der Waals surface area contributed by atoms with Gasteiger partial charge >= 0.3 is 0 Å². The van der Waals surface area contributed by atoms with E-state index in [-0.39, 0.29) is 11.9 Å². The van der Waals surface area contributed by atoms with E-state index in [1.165, 1.54) is 32.1 Å². The number of carbonyl (C=O) groups excluding carboxylic acids is 1. The van der Waals surface area contributed by atoms with Crippen molar-refractivity contribution in [2.75, 3.05) is 20.6 Å². The fraction of sp³-hybridized carbons (Fsp3) is 0.917. The van der Waals surface area contributed by atoms with Gasteiger partial charge in [-0.2, -0.15) is 0 Å². The number of carbonyl (C=O) groups is 1. The molecule has 0 radical (unpaired) electrons. The molecule has 0 heterocycles. The molecule has 16 heavy (non-hydrogen) atoms. The lowest BCUT2D eigenvalue weighted by atomic mass is 9.94. The molecule has 1 amide bonds. The van der Waals surface area contributed by atoms with Crippen molar-refractivity contribution in [3.05, 3.63) is 0 Å². The second-order valence-electron chi connectivity index (χ2n) is 4.80. The number of nitrogens with zero attached hydrogens (tertiary/aromatic N) is 1. The van der Waals surface area contributed by atoms with E-state index < -0.39 is 0 Å². The van der Waals surface area contributed by atoms with E-state index in [1.54, 1.807) is 7.05 Å². The van der Waals surface area contributed by atoms with Gasteiger partial charge in [0.25, 0.3) is 0 Å². The fourth-order valence-electron chi connectivity index (χ4n) is 2.47. The molecule has 1 atom stereocenters. The van der Waals surface area contributed by atoms with Crippen molar-refractivity contribution in [1.82, 2.24) is 10.2 Å². The normalized spacial score (nSPS) is 19.9. The Morgan fingerprint density at radius 3 is 2.56 bits per heavy atom. The quantitative estimate of drug-likeness (QED) is 0.703. The van der Waals surface area contributed by atoms with Crippen LogP contribution in [-0.2, 0) is 4.79 Å². The van der Waals surface area contributed by atoms with Crippen molar-refractivity contribution >= 4 is 5.91 Å². The van der Waals surface area contributed by atoms with Crippen molar-refractivity contribution in [2.45, 2.75) is 50.6 Å². The highest BCUT2D eigenvalue weighted by molar-refractivity contribution is 5.79. The summed E-state index contributed by atoms with van der Waals surface area (Å²) in [7, 11) is 3.94. The van der Waals surface area contributed by atoms with E-state index in [0.29, 0.717) is 6.04 Å². The van der Waals surface area contributed by atoms with Gasteiger partial charge in [0.2, 0.25) is 5.91 Å². The zero-order chi connectivity index (χ0) is 12.0. The first kappa shape index (κ1) is 13.5. The molecule has 0 aromatic carbocycles. The minimum absolute atomic E-state index is 0.189. The molecule has 1 unspecified atom stereocenters. The average Bonchev–Trinajstić information content (AvgIpc) is 2.30. The number of amides is 1. The van der Waals surface area contributed by atoms with Crippen molar-refractivity contribution in [1.29, 1.82) is 0 Å². The molecule has 1 aliphatic carbocycles. The number of hydrogen-bond acceptors (Lipinski definition) is 3. The van der Waals surface area contributed by atoms with Gasteiger partial charge in [-0.15, -0.1) is 0 Å². The Labute approximate surface area is 98.6 Å². The summed E-state index contributed by atoms with van der Waals surface area (Å²) in [5.41, 5.74) is 5.29. The molecular weight excluding hydrogens is 202 g/mol. The second kappa shape index (κ2) is 6.86. The molecule has 3 N–H and O–H groups in total. The van der Waals surface area contributed by atoms with Gasteiger partial charge in [0, 0.05) is 12.6 Å². The van der Waals surface area contributed by atoms with Crippen molar-refractivity contribution in [3.63, 3.8) is 0 Å². The van der Waals surface area contributed by atoms with Crippen LogP contribution in [0.15, 0.2) is 0 Å². The number of hydrogen-bond donors (Lipinski definition) is 2.